The molecule has 0 saturated carbocycles. The van der Waals surface area contributed by atoms with Crippen LogP contribution in [-0.2, 0) is 6.42 Å². The minimum atomic E-state index is -0.380. The van der Waals surface area contributed by atoms with Gasteiger partial charge in [-0.05, 0) is 38.0 Å². The summed E-state index contributed by atoms with van der Waals surface area (Å²) in [6.45, 7) is 6.27. The first-order valence-electron chi connectivity index (χ1n) is 5.87. The van der Waals surface area contributed by atoms with E-state index in [4.69, 9.17) is 0 Å². The molecule has 2 heteroatoms. The van der Waals surface area contributed by atoms with Crippen LogP contribution < -0.4 is 0 Å². The first-order chi connectivity index (χ1) is 8.06. The maximum atomic E-state index is 10.2. The van der Waals surface area contributed by atoms with E-state index >= 15 is 0 Å². The van der Waals surface area contributed by atoms with Crippen molar-refractivity contribution in [3.63, 3.8) is 0 Å². The molecule has 2 aromatic rings. The van der Waals surface area contributed by atoms with E-state index < -0.39 is 0 Å². The Hall–Kier alpha value is -1.12. The zero-order valence-corrected chi connectivity index (χ0v) is 11.3. The maximum Gasteiger partial charge on any atom is 0.0922 e. The van der Waals surface area contributed by atoms with Crippen molar-refractivity contribution in [3.8, 4) is 0 Å². The molecule has 0 amide bonds. The molecule has 0 aliphatic heterocycles. The van der Waals surface area contributed by atoms with Crippen LogP contribution in [0.3, 0.4) is 0 Å². The van der Waals surface area contributed by atoms with Crippen LogP contribution in [0.1, 0.15) is 32.5 Å². The fraction of sp³-hybridized carbons (Fsp3) is 0.333. The maximum absolute atomic E-state index is 10.2. The number of hydrogen-bond acceptors (Lipinski definition) is 2. The van der Waals surface area contributed by atoms with Gasteiger partial charge in [-0.1, -0.05) is 29.8 Å². The van der Waals surface area contributed by atoms with E-state index in [1.165, 1.54) is 21.6 Å². The van der Waals surface area contributed by atoms with Gasteiger partial charge in [0.2, 0.25) is 0 Å². The first kappa shape index (κ1) is 12.3. The average molecular weight is 246 g/mol. The molecule has 0 aliphatic rings. The monoisotopic (exact) mass is 246 g/mol. The Kier molecular flexibility index (Phi) is 3.65. The Labute approximate surface area is 107 Å². The lowest BCUT2D eigenvalue weighted by molar-refractivity contribution is 0.182. The highest BCUT2D eigenvalue weighted by Gasteiger charge is 2.12. The van der Waals surface area contributed by atoms with Gasteiger partial charge >= 0.3 is 0 Å². The average Bonchev–Trinajstić information content (AvgIpc) is 2.59. The van der Waals surface area contributed by atoms with Crippen molar-refractivity contribution >= 4 is 11.3 Å². The predicted octanol–water partition coefficient (Wildman–Crippen LogP) is 3.95. The summed E-state index contributed by atoms with van der Waals surface area (Å²) in [6.07, 6.45) is 0.315. The zero-order valence-electron chi connectivity index (χ0n) is 10.5. The molecule has 1 atom stereocenters. The van der Waals surface area contributed by atoms with E-state index in [1.807, 2.05) is 6.07 Å². The Balaban J connectivity index is 2.14. The minimum absolute atomic E-state index is 0.380. The molecule has 1 aromatic heterocycles. The molecule has 0 saturated heterocycles. The lowest BCUT2D eigenvalue weighted by Crippen LogP contribution is -1.99. The van der Waals surface area contributed by atoms with Gasteiger partial charge in [0.1, 0.15) is 0 Å². The fourth-order valence-electron chi connectivity index (χ4n) is 1.93. The van der Waals surface area contributed by atoms with Crippen LogP contribution in [0.15, 0.2) is 30.3 Å². The third-order valence-electron chi connectivity index (χ3n) is 3.02. The second-order valence-corrected chi connectivity index (χ2v) is 5.88. The van der Waals surface area contributed by atoms with Gasteiger partial charge in [-0.25, -0.2) is 0 Å². The van der Waals surface area contributed by atoms with Crippen LogP contribution in [0.2, 0.25) is 0 Å². The number of hydrogen-bond donors (Lipinski definition) is 1. The lowest BCUT2D eigenvalue weighted by Gasteiger charge is -2.09. The van der Waals surface area contributed by atoms with Gasteiger partial charge in [0.05, 0.1) is 6.10 Å². The normalized spacial score (nSPS) is 12.7. The highest BCUT2D eigenvalue weighted by Crippen LogP contribution is 2.28. The van der Waals surface area contributed by atoms with Crippen LogP contribution in [0, 0.1) is 20.8 Å². The van der Waals surface area contributed by atoms with Crippen LogP contribution in [0.25, 0.3) is 0 Å². The largest absolute Gasteiger partial charge is 0.387 e. The summed E-state index contributed by atoms with van der Waals surface area (Å²) in [6, 6.07) is 10.4. The minimum Gasteiger partial charge on any atom is -0.387 e. The van der Waals surface area contributed by atoms with Gasteiger partial charge in [-0.15, -0.1) is 11.3 Å². The smallest absolute Gasteiger partial charge is 0.0922 e. The summed E-state index contributed by atoms with van der Waals surface area (Å²) in [7, 11) is 0. The number of aryl methyl sites for hydroxylation is 3. The summed E-state index contributed by atoms with van der Waals surface area (Å²) in [4.78, 5) is 2.37. The molecule has 1 N–H and O–H groups in total. The quantitative estimate of drug-likeness (QED) is 0.869. The molecule has 1 heterocycles. The molecular formula is C15H18OS. The SMILES string of the molecule is Cc1cccc(CC(O)c2cc(C)c(C)s2)c1. The van der Waals surface area contributed by atoms with Gasteiger partial charge < -0.3 is 5.11 Å². The van der Waals surface area contributed by atoms with Crippen molar-refractivity contribution < 1.29 is 5.11 Å². The van der Waals surface area contributed by atoms with E-state index in [0.717, 1.165) is 4.88 Å². The summed E-state index contributed by atoms with van der Waals surface area (Å²) in [5.74, 6) is 0. The molecule has 0 radical (unpaired) electrons. The van der Waals surface area contributed by atoms with Crippen molar-refractivity contribution in [1.82, 2.24) is 0 Å². The molecule has 0 spiro atoms. The molecule has 1 unspecified atom stereocenters. The van der Waals surface area contributed by atoms with Gasteiger partial charge in [0.15, 0.2) is 0 Å². The van der Waals surface area contributed by atoms with Crippen molar-refractivity contribution in [1.29, 1.82) is 0 Å². The van der Waals surface area contributed by atoms with E-state index in [0.29, 0.717) is 6.42 Å². The molecule has 1 nitrogen and oxygen atoms in total. The molecule has 2 rings (SSSR count). The van der Waals surface area contributed by atoms with Gasteiger partial charge in [-0.3, -0.25) is 0 Å². The van der Waals surface area contributed by atoms with Gasteiger partial charge in [0, 0.05) is 16.2 Å². The second-order valence-electron chi connectivity index (χ2n) is 4.60. The van der Waals surface area contributed by atoms with E-state index in [9.17, 15) is 5.11 Å². The standard InChI is InChI=1S/C15H18OS/c1-10-5-4-6-13(7-10)9-14(16)15-8-11(2)12(3)17-15/h4-8,14,16H,9H2,1-3H3. The predicted molar refractivity (Wildman–Crippen MR) is 73.6 cm³/mol. The number of thiophene rings is 1. The zero-order chi connectivity index (χ0) is 12.4. The van der Waals surface area contributed by atoms with Crippen LogP contribution >= 0.6 is 11.3 Å². The van der Waals surface area contributed by atoms with E-state index in [1.54, 1.807) is 11.3 Å². The Morgan fingerprint density at radius 1 is 1.18 bits per heavy atom. The molecule has 0 fully saturated rings. The Morgan fingerprint density at radius 3 is 2.53 bits per heavy atom. The highest BCUT2D eigenvalue weighted by atomic mass is 32.1. The molecule has 1 aromatic carbocycles. The molecule has 17 heavy (non-hydrogen) atoms. The van der Waals surface area contributed by atoms with E-state index in [2.05, 4.69) is 45.0 Å². The number of rotatable bonds is 3. The summed E-state index contributed by atoms with van der Waals surface area (Å²) in [5, 5.41) is 10.2. The fourth-order valence-corrected chi connectivity index (χ4v) is 2.96. The summed E-state index contributed by atoms with van der Waals surface area (Å²) in [5.41, 5.74) is 3.71. The molecular weight excluding hydrogens is 228 g/mol. The van der Waals surface area contributed by atoms with Gasteiger partial charge in [-0.2, -0.15) is 0 Å². The Morgan fingerprint density at radius 2 is 1.94 bits per heavy atom. The highest BCUT2D eigenvalue weighted by molar-refractivity contribution is 7.12. The lowest BCUT2D eigenvalue weighted by atomic mass is 10.0. The Bertz CT molecular complexity index is 494. The third kappa shape index (κ3) is 2.96. The van der Waals surface area contributed by atoms with Crippen LogP contribution in [0.4, 0.5) is 0 Å². The summed E-state index contributed by atoms with van der Waals surface area (Å²) < 4.78 is 0. The molecule has 0 bridgehead atoms. The molecule has 0 aliphatic carbocycles. The van der Waals surface area contributed by atoms with Crippen molar-refractivity contribution in [2.45, 2.75) is 33.3 Å². The third-order valence-corrected chi connectivity index (χ3v) is 4.28. The summed E-state index contributed by atoms with van der Waals surface area (Å²) >= 11 is 1.70. The van der Waals surface area contributed by atoms with Crippen LogP contribution in [-0.4, -0.2) is 5.11 Å². The number of aliphatic hydroxyl groups excluding tert-OH is 1. The second kappa shape index (κ2) is 5.03. The topological polar surface area (TPSA) is 20.2 Å². The van der Waals surface area contributed by atoms with E-state index in [-0.39, 0.29) is 6.10 Å². The number of aliphatic hydroxyl groups is 1. The molecule has 90 valence electrons. The van der Waals surface area contributed by atoms with Crippen LogP contribution in [0.5, 0.6) is 0 Å². The van der Waals surface area contributed by atoms with Crippen molar-refractivity contribution in [2.24, 2.45) is 0 Å². The number of benzene rings is 1. The van der Waals surface area contributed by atoms with Crippen molar-refractivity contribution in [3.05, 3.63) is 56.8 Å². The van der Waals surface area contributed by atoms with Gasteiger partial charge in [0.25, 0.3) is 0 Å². The van der Waals surface area contributed by atoms with Crippen molar-refractivity contribution in [2.75, 3.05) is 0 Å². The first-order valence-corrected chi connectivity index (χ1v) is 6.68.